The molecule has 0 radical (unpaired) electrons. The lowest BCUT2D eigenvalue weighted by Crippen LogP contribution is -2.39. The van der Waals surface area contributed by atoms with Crippen molar-refractivity contribution in [2.75, 3.05) is 7.11 Å². The fraction of sp³-hybridized carbons (Fsp3) is 0.611. The van der Waals surface area contributed by atoms with Crippen LogP contribution < -0.4 is 15.8 Å². The zero-order chi connectivity index (χ0) is 15.5. The zero-order valence-corrected chi connectivity index (χ0v) is 13.3. The molecule has 1 amide bonds. The topological polar surface area (TPSA) is 64.3 Å². The van der Waals surface area contributed by atoms with E-state index in [1.807, 2.05) is 12.1 Å². The predicted octanol–water partition coefficient (Wildman–Crippen LogP) is 2.78. The van der Waals surface area contributed by atoms with Gasteiger partial charge in [0.1, 0.15) is 5.75 Å². The highest BCUT2D eigenvalue weighted by molar-refractivity contribution is 5.79. The third-order valence-electron chi connectivity index (χ3n) is 4.95. The Morgan fingerprint density at radius 2 is 1.95 bits per heavy atom. The van der Waals surface area contributed by atoms with Gasteiger partial charge in [-0.25, -0.2) is 0 Å². The number of benzene rings is 1. The van der Waals surface area contributed by atoms with E-state index in [1.165, 1.54) is 18.4 Å². The van der Waals surface area contributed by atoms with E-state index in [9.17, 15) is 4.79 Å². The number of amides is 1. The van der Waals surface area contributed by atoms with Gasteiger partial charge >= 0.3 is 0 Å². The summed E-state index contributed by atoms with van der Waals surface area (Å²) in [5.41, 5.74) is 7.19. The molecule has 2 fully saturated rings. The molecule has 0 heterocycles. The third kappa shape index (κ3) is 3.61. The number of carbonyl (C=O) groups excluding carboxylic acids is 1. The van der Waals surface area contributed by atoms with Gasteiger partial charge in [0, 0.05) is 12.0 Å². The van der Waals surface area contributed by atoms with E-state index in [2.05, 4.69) is 17.4 Å². The lowest BCUT2D eigenvalue weighted by atomic mass is 9.85. The first-order valence-electron chi connectivity index (χ1n) is 8.37. The summed E-state index contributed by atoms with van der Waals surface area (Å²) >= 11 is 0. The molecule has 2 aliphatic carbocycles. The quantitative estimate of drug-likeness (QED) is 0.879. The molecular weight excluding hydrogens is 276 g/mol. The van der Waals surface area contributed by atoms with E-state index >= 15 is 0 Å². The SMILES string of the molecule is COc1ccc(C(NC(=O)C2CCCC(N)C2)C2CC2)cc1. The number of carbonyl (C=O) groups is 1. The number of hydrogen-bond acceptors (Lipinski definition) is 3. The zero-order valence-electron chi connectivity index (χ0n) is 13.3. The van der Waals surface area contributed by atoms with Crippen molar-refractivity contribution in [3.63, 3.8) is 0 Å². The second kappa shape index (κ2) is 6.69. The fourth-order valence-corrected chi connectivity index (χ4v) is 3.45. The van der Waals surface area contributed by atoms with Gasteiger partial charge in [-0.2, -0.15) is 0 Å². The molecule has 3 unspecified atom stereocenters. The van der Waals surface area contributed by atoms with Crippen LogP contribution in [-0.4, -0.2) is 19.1 Å². The van der Waals surface area contributed by atoms with Crippen molar-refractivity contribution in [2.24, 2.45) is 17.6 Å². The van der Waals surface area contributed by atoms with Crippen LogP contribution in [0.2, 0.25) is 0 Å². The van der Waals surface area contributed by atoms with Gasteiger partial charge in [0.05, 0.1) is 13.2 Å². The average molecular weight is 302 g/mol. The molecule has 2 aliphatic rings. The Bertz CT molecular complexity index is 510. The fourth-order valence-electron chi connectivity index (χ4n) is 3.45. The summed E-state index contributed by atoms with van der Waals surface area (Å²) in [6.45, 7) is 0. The summed E-state index contributed by atoms with van der Waals surface area (Å²) in [5.74, 6) is 1.70. The van der Waals surface area contributed by atoms with Gasteiger partial charge in [-0.05, 0) is 55.7 Å². The summed E-state index contributed by atoms with van der Waals surface area (Å²) in [6.07, 6.45) is 6.30. The number of ether oxygens (including phenoxy) is 1. The minimum atomic E-state index is 0.0863. The number of methoxy groups -OCH3 is 1. The summed E-state index contributed by atoms with van der Waals surface area (Å²) in [5, 5.41) is 3.29. The number of nitrogens with one attached hydrogen (secondary N) is 1. The molecule has 2 saturated carbocycles. The van der Waals surface area contributed by atoms with E-state index in [-0.39, 0.29) is 23.9 Å². The maximum absolute atomic E-state index is 12.6. The van der Waals surface area contributed by atoms with Crippen molar-refractivity contribution in [1.82, 2.24) is 5.32 Å². The van der Waals surface area contributed by atoms with Crippen molar-refractivity contribution >= 4 is 5.91 Å². The molecule has 22 heavy (non-hydrogen) atoms. The monoisotopic (exact) mass is 302 g/mol. The molecule has 3 atom stereocenters. The van der Waals surface area contributed by atoms with Crippen LogP contribution >= 0.6 is 0 Å². The second-order valence-electron chi connectivity index (χ2n) is 6.72. The van der Waals surface area contributed by atoms with E-state index in [0.717, 1.165) is 31.4 Å². The summed E-state index contributed by atoms with van der Waals surface area (Å²) in [4.78, 5) is 12.6. The lowest BCUT2D eigenvalue weighted by molar-refractivity contribution is -0.127. The molecule has 1 aromatic rings. The smallest absolute Gasteiger partial charge is 0.223 e. The molecule has 0 saturated heterocycles. The normalized spacial score (nSPS) is 26.3. The minimum absolute atomic E-state index is 0.0863. The molecule has 0 bridgehead atoms. The Morgan fingerprint density at radius 1 is 1.23 bits per heavy atom. The first-order valence-corrected chi connectivity index (χ1v) is 8.37. The van der Waals surface area contributed by atoms with E-state index < -0.39 is 0 Å². The van der Waals surface area contributed by atoms with Crippen molar-refractivity contribution in [2.45, 2.75) is 50.6 Å². The summed E-state index contributed by atoms with van der Waals surface area (Å²) in [6, 6.07) is 8.38. The Hall–Kier alpha value is -1.55. The van der Waals surface area contributed by atoms with Crippen LogP contribution in [0.1, 0.15) is 50.1 Å². The van der Waals surface area contributed by atoms with Gasteiger partial charge in [-0.15, -0.1) is 0 Å². The standard InChI is InChI=1S/C18H26N2O2/c1-22-16-9-7-13(8-10-16)17(12-5-6-12)20-18(21)14-3-2-4-15(19)11-14/h7-10,12,14-15,17H,2-6,11,19H2,1H3,(H,20,21). The molecule has 0 aliphatic heterocycles. The molecule has 0 aromatic heterocycles. The predicted molar refractivity (Wildman–Crippen MR) is 86.5 cm³/mol. The number of hydrogen-bond donors (Lipinski definition) is 2. The van der Waals surface area contributed by atoms with Crippen LogP contribution in [0.15, 0.2) is 24.3 Å². The van der Waals surface area contributed by atoms with Crippen LogP contribution in [0.25, 0.3) is 0 Å². The number of nitrogens with two attached hydrogens (primary N) is 1. The van der Waals surface area contributed by atoms with Gasteiger partial charge in [0.2, 0.25) is 5.91 Å². The maximum atomic E-state index is 12.6. The van der Waals surface area contributed by atoms with Gasteiger partial charge < -0.3 is 15.8 Å². The van der Waals surface area contributed by atoms with Gasteiger partial charge in [0.15, 0.2) is 0 Å². The Labute approximate surface area is 132 Å². The van der Waals surface area contributed by atoms with Crippen molar-refractivity contribution in [3.8, 4) is 5.75 Å². The molecule has 1 aromatic carbocycles. The Balaban J connectivity index is 1.67. The van der Waals surface area contributed by atoms with Crippen molar-refractivity contribution in [3.05, 3.63) is 29.8 Å². The minimum Gasteiger partial charge on any atom is -0.497 e. The Morgan fingerprint density at radius 3 is 2.55 bits per heavy atom. The highest BCUT2D eigenvalue weighted by atomic mass is 16.5. The highest BCUT2D eigenvalue weighted by Gasteiger charge is 2.35. The van der Waals surface area contributed by atoms with Gasteiger partial charge in [-0.3, -0.25) is 4.79 Å². The lowest BCUT2D eigenvalue weighted by Gasteiger charge is -2.28. The van der Waals surface area contributed by atoms with E-state index in [1.54, 1.807) is 7.11 Å². The molecule has 3 N–H and O–H groups in total. The molecule has 4 nitrogen and oxygen atoms in total. The maximum Gasteiger partial charge on any atom is 0.223 e. The first-order chi connectivity index (χ1) is 10.7. The van der Waals surface area contributed by atoms with Gasteiger partial charge in [0.25, 0.3) is 0 Å². The van der Waals surface area contributed by atoms with Gasteiger partial charge in [-0.1, -0.05) is 18.6 Å². The highest BCUT2D eigenvalue weighted by Crippen LogP contribution is 2.41. The first kappa shape index (κ1) is 15.3. The van der Waals surface area contributed by atoms with E-state index in [4.69, 9.17) is 10.5 Å². The average Bonchev–Trinajstić information content (AvgIpc) is 3.37. The van der Waals surface area contributed by atoms with Crippen LogP contribution in [-0.2, 0) is 4.79 Å². The molecule has 3 rings (SSSR count). The second-order valence-corrected chi connectivity index (χ2v) is 6.72. The Kier molecular flexibility index (Phi) is 4.67. The van der Waals surface area contributed by atoms with Crippen molar-refractivity contribution in [1.29, 1.82) is 0 Å². The molecule has 120 valence electrons. The van der Waals surface area contributed by atoms with Crippen LogP contribution in [0, 0.1) is 11.8 Å². The number of rotatable bonds is 5. The van der Waals surface area contributed by atoms with Crippen LogP contribution in [0.4, 0.5) is 0 Å². The van der Waals surface area contributed by atoms with Crippen LogP contribution in [0.3, 0.4) is 0 Å². The van der Waals surface area contributed by atoms with E-state index in [0.29, 0.717) is 5.92 Å². The third-order valence-corrected chi connectivity index (χ3v) is 4.95. The summed E-state index contributed by atoms with van der Waals surface area (Å²) in [7, 11) is 1.67. The largest absolute Gasteiger partial charge is 0.497 e. The van der Waals surface area contributed by atoms with Crippen LogP contribution in [0.5, 0.6) is 5.75 Å². The molecule has 0 spiro atoms. The molecule has 4 heteroatoms. The molecular formula is C18H26N2O2. The van der Waals surface area contributed by atoms with Crippen molar-refractivity contribution < 1.29 is 9.53 Å². The summed E-state index contributed by atoms with van der Waals surface area (Å²) < 4.78 is 5.21.